The summed E-state index contributed by atoms with van der Waals surface area (Å²) in [6.07, 6.45) is 0. The largest absolute Gasteiger partial charge is 0.309 e. The van der Waals surface area contributed by atoms with E-state index in [1.54, 1.807) is 0 Å². The summed E-state index contributed by atoms with van der Waals surface area (Å²) in [6.45, 7) is 4.92. The van der Waals surface area contributed by atoms with E-state index in [1.165, 1.54) is 76.1 Å². The predicted molar refractivity (Wildman–Crippen MR) is 241 cm³/mol. The minimum atomic E-state index is -2.27. The van der Waals surface area contributed by atoms with Crippen molar-refractivity contribution in [1.29, 1.82) is 0 Å². The summed E-state index contributed by atoms with van der Waals surface area (Å²) in [4.78, 5) is 11.2. The molecule has 5 heteroatoms. The predicted octanol–water partition coefficient (Wildman–Crippen LogP) is 12.0. The Hall–Kier alpha value is -7.08. The monoisotopic (exact) mass is 744 g/mol. The molecule has 3 aromatic heterocycles. The molecule has 57 heavy (non-hydrogen) atoms. The van der Waals surface area contributed by atoms with Gasteiger partial charge in [0.15, 0.2) is 0 Å². The zero-order valence-corrected chi connectivity index (χ0v) is 32.6. The van der Waals surface area contributed by atoms with Crippen LogP contribution in [-0.2, 0) is 0 Å². The van der Waals surface area contributed by atoms with Crippen molar-refractivity contribution in [2.75, 3.05) is 0 Å². The van der Waals surface area contributed by atoms with Gasteiger partial charge in [-0.05, 0) is 81.2 Å². The van der Waals surface area contributed by atoms with Crippen LogP contribution in [0.25, 0.3) is 99.5 Å². The van der Waals surface area contributed by atoms with Crippen molar-refractivity contribution >= 4 is 73.0 Å². The summed E-state index contributed by atoms with van der Waals surface area (Å²) in [7, 11) is -2.27. The lowest BCUT2D eigenvalue weighted by Crippen LogP contribution is -2.51. The standard InChI is InChI=1S/C52H36N4Si/c1-57(2)50-38-20-10-9-15-33(38)25-28-41(50)48-49(34-16-5-3-6-17-34)53-52(54-51(48)57)56-45-24-14-12-22-40(45)43-32-36(27-30-47(43)56)35-26-29-46-42(31-35)39-21-11-13-23-44(39)55(46)37-18-7-4-8-19-37/h3-32H,1-2H3. The first kappa shape index (κ1) is 32.2. The first-order chi connectivity index (χ1) is 28.0. The molecule has 0 amide bonds. The molecule has 4 nitrogen and oxygen atoms in total. The molecule has 0 fully saturated rings. The molecule has 0 atom stereocenters. The van der Waals surface area contributed by atoms with Gasteiger partial charge in [-0.2, -0.15) is 0 Å². The van der Waals surface area contributed by atoms with Crippen molar-refractivity contribution < 1.29 is 0 Å². The summed E-state index contributed by atoms with van der Waals surface area (Å²) >= 11 is 0. The molecule has 0 radical (unpaired) electrons. The normalized spacial score (nSPS) is 13.2. The lowest BCUT2D eigenvalue weighted by Gasteiger charge is -2.20. The van der Waals surface area contributed by atoms with Gasteiger partial charge < -0.3 is 4.57 Å². The number of hydrogen-bond acceptors (Lipinski definition) is 2. The van der Waals surface area contributed by atoms with Crippen molar-refractivity contribution in [3.05, 3.63) is 182 Å². The number of aromatic nitrogens is 4. The van der Waals surface area contributed by atoms with Gasteiger partial charge in [0.25, 0.3) is 0 Å². The van der Waals surface area contributed by atoms with E-state index < -0.39 is 8.07 Å². The van der Waals surface area contributed by atoms with E-state index in [1.807, 2.05) is 0 Å². The summed E-state index contributed by atoms with van der Waals surface area (Å²) in [5.41, 5.74) is 12.7. The highest BCUT2D eigenvalue weighted by atomic mass is 28.3. The van der Waals surface area contributed by atoms with Crippen molar-refractivity contribution in [3.63, 3.8) is 0 Å². The summed E-state index contributed by atoms with van der Waals surface area (Å²) < 4.78 is 4.67. The maximum atomic E-state index is 5.64. The lowest BCUT2D eigenvalue weighted by atomic mass is 9.98. The average Bonchev–Trinajstić information content (AvgIpc) is 3.86. The Labute approximate surface area is 331 Å². The maximum absolute atomic E-state index is 5.64. The SMILES string of the molecule is C[Si]1(C)c2nc(-n3c4ccccc4c4cc(-c5ccc6c(c5)c5ccccc5n6-c5ccccc5)ccc43)nc(-c3ccccc3)c2-c2ccc3ccccc3c21. The zero-order valence-electron chi connectivity index (χ0n) is 31.6. The molecule has 4 heterocycles. The van der Waals surface area contributed by atoms with E-state index in [0.717, 1.165) is 33.9 Å². The van der Waals surface area contributed by atoms with Crippen molar-refractivity contribution in [2.24, 2.45) is 0 Å². The molecule has 1 aliphatic heterocycles. The third kappa shape index (κ3) is 4.60. The van der Waals surface area contributed by atoms with Crippen LogP contribution in [0.15, 0.2) is 182 Å². The molecule has 0 saturated heterocycles. The van der Waals surface area contributed by atoms with Crippen LogP contribution in [0.3, 0.4) is 0 Å². The third-order valence-electron chi connectivity index (χ3n) is 12.3. The van der Waals surface area contributed by atoms with Gasteiger partial charge in [-0.25, -0.2) is 9.97 Å². The molecule has 0 spiro atoms. The topological polar surface area (TPSA) is 35.6 Å². The van der Waals surface area contributed by atoms with Crippen LogP contribution >= 0.6 is 0 Å². The van der Waals surface area contributed by atoms with Crippen molar-refractivity contribution in [1.82, 2.24) is 19.1 Å². The molecule has 1 aliphatic rings. The van der Waals surface area contributed by atoms with Gasteiger partial charge in [-0.15, -0.1) is 0 Å². The fraction of sp³-hybridized carbons (Fsp3) is 0.0385. The minimum absolute atomic E-state index is 0.722. The van der Waals surface area contributed by atoms with Gasteiger partial charge in [0.05, 0.1) is 27.8 Å². The summed E-state index contributed by atoms with van der Waals surface area (Å²) in [5.74, 6) is 0.722. The van der Waals surface area contributed by atoms with Crippen LogP contribution in [0.2, 0.25) is 13.1 Å². The molecule has 11 aromatic rings. The fourth-order valence-electron chi connectivity index (χ4n) is 9.71. The van der Waals surface area contributed by atoms with Gasteiger partial charge in [0, 0.05) is 43.7 Å². The Bertz CT molecular complexity index is 3430. The average molecular weight is 745 g/mol. The highest BCUT2D eigenvalue weighted by Crippen LogP contribution is 2.41. The Kier molecular flexibility index (Phi) is 6.75. The van der Waals surface area contributed by atoms with Crippen LogP contribution in [-0.4, -0.2) is 27.2 Å². The van der Waals surface area contributed by atoms with Crippen molar-refractivity contribution in [3.8, 4) is 45.1 Å². The molecule has 0 saturated carbocycles. The van der Waals surface area contributed by atoms with Gasteiger partial charge in [0.2, 0.25) is 5.95 Å². The molecule has 12 rings (SSSR count). The highest BCUT2D eigenvalue weighted by Gasteiger charge is 2.43. The van der Waals surface area contributed by atoms with Crippen LogP contribution in [0.4, 0.5) is 0 Å². The van der Waals surface area contributed by atoms with Crippen LogP contribution in [0, 0.1) is 0 Å². The first-order valence-electron chi connectivity index (χ1n) is 19.7. The molecule has 8 aromatic carbocycles. The molecule has 0 aliphatic carbocycles. The zero-order chi connectivity index (χ0) is 37.8. The third-order valence-corrected chi connectivity index (χ3v) is 15.6. The Balaban J connectivity index is 1.07. The Morgan fingerprint density at radius 1 is 0.421 bits per heavy atom. The number of fused-ring (bicyclic) bond motifs is 11. The smallest absolute Gasteiger partial charge is 0.235 e. The second-order valence-electron chi connectivity index (χ2n) is 15.8. The van der Waals surface area contributed by atoms with Gasteiger partial charge in [-0.1, -0.05) is 147 Å². The molecular weight excluding hydrogens is 709 g/mol. The summed E-state index contributed by atoms with van der Waals surface area (Å²) in [6, 6.07) is 66.0. The second-order valence-corrected chi connectivity index (χ2v) is 20.0. The maximum Gasteiger partial charge on any atom is 0.235 e. The van der Waals surface area contributed by atoms with E-state index in [9.17, 15) is 0 Å². The van der Waals surface area contributed by atoms with Crippen LogP contribution in [0.1, 0.15) is 0 Å². The number of nitrogens with zero attached hydrogens (tertiary/aromatic N) is 4. The highest BCUT2D eigenvalue weighted by molar-refractivity contribution is 7.04. The first-order valence-corrected chi connectivity index (χ1v) is 22.7. The molecule has 268 valence electrons. The molecule has 0 bridgehead atoms. The quantitative estimate of drug-likeness (QED) is 0.168. The lowest BCUT2D eigenvalue weighted by molar-refractivity contribution is 1.01. The number of benzene rings is 8. The fourth-order valence-corrected chi connectivity index (χ4v) is 13.0. The second kappa shape index (κ2) is 12.0. The van der Waals surface area contributed by atoms with Gasteiger partial charge in [-0.3, -0.25) is 4.57 Å². The van der Waals surface area contributed by atoms with E-state index >= 15 is 0 Å². The molecular formula is C52H36N4Si. The summed E-state index contributed by atoms with van der Waals surface area (Å²) in [5, 5.41) is 10.1. The van der Waals surface area contributed by atoms with Gasteiger partial charge in [0.1, 0.15) is 8.07 Å². The van der Waals surface area contributed by atoms with Crippen molar-refractivity contribution in [2.45, 2.75) is 13.1 Å². The van der Waals surface area contributed by atoms with E-state index in [0.29, 0.717) is 0 Å². The number of hydrogen-bond donors (Lipinski definition) is 0. The van der Waals surface area contributed by atoms with Crippen LogP contribution < -0.4 is 10.5 Å². The van der Waals surface area contributed by atoms with Crippen LogP contribution in [0.5, 0.6) is 0 Å². The number of para-hydroxylation sites is 3. The number of rotatable bonds is 4. The molecule has 0 N–H and O–H groups in total. The van der Waals surface area contributed by atoms with E-state index in [4.69, 9.17) is 9.97 Å². The van der Waals surface area contributed by atoms with Gasteiger partial charge >= 0.3 is 0 Å². The molecule has 0 unspecified atom stereocenters. The van der Waals surface area contributed by atoms with E-state index in [-0.39, 0.29) is 0 Å². The Morgan fingerprint density at radius 2 is 0.965 bits per heavy atom. The Morgan fingerprint density at radius 3 is 1.65 bits per heavy atom. The van der Waals surface area contributed by atoms with E-state index in [2.05, 4.69) is 204 Å². The minimum Gasteiger partial charge on any atom is -0.309 e.